The van der Waals surface area contributed by atoms with Crippen molar-refractivity contribution >= 4 is 11.6 Å². The van der Waals surface area contributed by atoms with Gasteiger partial charge >= 0.3 is 0 Å². The molecule has 1 aromatic rings. The van der Waals surface area contributed by atoms with Crippen LogP contribution < -0.4 is 5.32 Å². The Bertz CT molecular complexity index is 454. The van der Waals surface area contributed by atoms with Crippen LogP contribution in [0.4, 0.5) is 5.69 Å². The molecule has 0 spiro atoms. The highest BCUT2D eigenvalue weighted by atomic mass is 16.2. The molecule has 1 saturated carbocycles. The Kier molecular flexibility index (Phi) is 2.43. The van der Waals surface area contributed by atoms with Crippen LogP contribution in [0.2, 0.25) is 0 Å². The van der Waals surface area contributed by atoms with Crippen LogP contribution in [-0.4, -0.2) is 5.91 Å². The number of carbonyl (C=O) groups is 1. The van der Waals surface area contributed by atoms with Crippen LogP contribution in [0.3, 0.4) is 0 Å². The average Bonchev–Trinajstić information content (AvgIpc) is 2.89. The lowest BCUT2D eigenvalue weighted by Gasteiger charge is -2.06. The van der Waals surface area contributed by atoms with E-state index in [0.717, 1.165) is 12.1 Å². The molecule has 1 unspecified atom stereocenters. The molecule has 0 radical (unpaired) electrons. The van der Waals surface area contributed by atoms with E-state index in [-0.39, 0.29) is 17.2 Å². The molecular formula is C13H14N2O. The van der Waals surface area contributed by atoms with Crippen molar-refractivity contribution in [3.8, 4) is 6.07 Å². The quantitative estimate of drug-likeness (QED) is 0.822. The minimum Gasteiger partial charge on any atom is -0.326 e. The SMILES string of the molecule is CC1(C)CC1C(=O)Nc1ccc(C#N)cc1. The summed E-state index contributed by atoms with van der Waals surface area (Å²) < 4.78 is 0. The maximum absolute atomic E-state index is 11.8. The summed E-state index contributed by atoms with van der Waals surface area (Å²) >= 11 is 0. The first-order valence-corrected chi connectivity index (χ1v) is 5.34. The van der Waals surface area contributed by atoms with Gasteiger partial charge in [0, 0.05) is 11.6 Å². The Morgan fingerprint density at radius 3 is 2.44 bits per heavy atom. The Hall–Kier alpha value is -1.82. The van der Waals surface area contributed by atoms with Crippen LogP contribution >= 0.6 is 0 Å². The standard InChI is InChI=1S/C13H14N2O/c1-13(2)7-11(13)12(16)15-10-5-3-9(8-14)4-6-10/h3-6,11H,7H2,1-2H3,(H,15,16). The van der Waals surface area contributed by atoms with Crippen LogP contribution in [0.5, 0.6) is 0 Å². The summed E-state index contributed by atoms with van der Waals surface area (Å²) in [5, 5.41) is 11.5. The van der Waals surface area contributed by atoms with E-state index in [1.165, 1.54) is 0 Å². The van der Waals surface area contributed by atoms with Crippen molar-refractivity contribution in [1.82, 2.24) is 0 Å². The molecule has 2 rings (SSSR count). The van der Waals surface area contributed by atoms with Gasteiger partial charge in [-0.3, -0.25) is 4.79 Å². The van der Waals surface area contributed by atoms with Crippen LogP contribution in [0.1, 0.15) is 25.8 Å². The minimum absolute atomic E-state index is 0.0784. The number of nitrogens with zero attached hydrogens (tertiary/aromatic N) is 1. The van der Waals surface area contributed by atoms with E-state index in [1.807, 2.05) is 6.07 Å². The van der Waals surface area contributed by atoms with Crippen LogP contribution in [-0.2, 0) is 4.79 Å². The van der Waals surface area contributed by atoms with Crippen LogP contribution in [0.15, 0.2) is 24.3 Å². The molecule has 1 aliphatic rings. The second kappa shape index (κ2) is 3.64. The fourth-order valence-electron chi connectivity index (χ4n) is 1.77. The molecule has 1 amide bonds. The van der Waals surface area contributed by atoms with E-state index >= 15 is 0 Å². The predicted molar refractivity (Wildman–Crippen MR) is 61.7 cm³/mol. The van der Waals surface area contributed by atoms with Gasteiger partial charge in [-0.15, -0.1) is 0 Å². The lowest BCUT2D eigenvalue weighted by Crippen LogP contribution is -2.16. The average molecular weight is 214 g/mol. The molecule has 0 bridgehead atoms. The summed E-state index contributed by atoms with van der Waals surface area (Å²) in [4.78, 5) is 11.8. The number of amides is 1. The highest BCUT2D eigenvalue weighted by Gasteiger charge is 2.50. The maximum atomic E-state index is 11.8. The van der Waals surface area contributed by atoms with Crippen molar-refractivity contribution in [2.24, 2.45) is 11.3 Å². The minimum atomic E-state index is 0.0784. The zero-order chi connectivity index (χ0) is 11.8. The number of carbonyl (C=O) groups excluding carboxylic acids is 1. The molecule has 0 aliphatic heterocycles. The molecular weight excluding hydrogens is 200 g/mol. The van der Waals surface area contributed by atoms with Crippen LogP contribution in [0.25, 0.3) is 0 Å². The zero-order valence-corrected chi connectivity index (χ0v) is 9.45. The van der Waals surface area contributed by atoms with Crippen molar-refractivity contribution in [1.29, 1.82) is 5.26 Å². The van der Waals surface area contributed by atoms with Gasteiger partial charge in [0.15, 0.2) is 0 Å². The first-order chi connectivity index (χ1) is 7.53. The van der Waals surface area contributed by atoms with E-state index in [1.54, 1.807) is 24.3 Å². The largest absolute Gasteiger partial charge is 0.326 e. The lowest BCUT2D eigenvalue weighted by atomic mass is 10.1. The molecule has 1 aliphatic carbocycles. The Labute approximate surface area is 95.1 Å². The van der Waals surface area contributed by atoms with E-state index in [9.17, 15) is 4.79 Å². The van der Waals surface area contributed by atoms with E-state index in [0.29, 0.717) is 5.56 Å². The van der Waals surface area contributed by atoms with Crippen molar-refractivity contribution in [3.05, 3.63) is 29.8 Å². The molecule has 1 atom stereocenters. The maximum Gasteiger partial charge on any atom is 0.228 e. The second-order valence-electron chi connectivity index (χ2n) is 4.92. The summed E-state index contributed by atoms with van der Waals surface area (Å²) in [5.74, 6) is 0.206. The highest BCUT2D eigenvalue weighted by Crippen LogP contribution is 2.51. The summed E-state index contributed by atoms with van der Waals surface area (Å²) in [6, 6.07) is 8.96. The molecule has 1 fully saturated rings. The first-order valence-electron chi connectivity index (χ1n) is 5.34. The topological polar surface area (TPSA) is 52.9 Å². The molecule has 1 aromatic carbocycles. The summed E-state index contributed by atoms with van der Waals surface area (Å²) in [6.45, 7) is 4.19. The number of nitrogens with one attached hydrogen (secondary N) is 1. The molecule has 16 heavy (non-hydrogen) atoms. The van der Waals surface area contributed by atoms with Gasteiger partial charge in [-0.05, 0) is 36.1 Å². The summed E-state index contributed by atoms with van der Waals surface area (Å²) in [5.41, 5.74) is 1.51. The molecule has 82 valence electrons. The van der Waals surface area contributed by atoms with Crippen molar-refractivity contribution < 1.29 is 4.79 Å². The van der Waals surface area contributed by atoms with E-state index in [4.69, 9.17) is 5.26 Å². The van der Waals surface area contributed by atoms with Crippen molar-refractivity contribution in [2.45, 2.75) is 20.3 Å². The lowest BCUT2D eigenvalue weighted by molar-refractivity contribution is -0.117. The number of hydrogen-bond acceptors (Lipinski definition) is 2. The van der Waals surface area contributed by atoms with Gasteiger partial charge in [0.25, 0.3) is 0 Å². The summed E-state index contributed by atoms with van der Waals surface area (Å²) in [7, 11) is 0. The molecule has 1 N–H and O–H groups in total. The number of hydrogen-bond donors (Lipinski definition) is 1. The normalized spacial score (nSPS) is 20.9. The van der Waals surface area contributed by atoms with Gasteiger partial charge in [0.2, 0.25) is 5.91 Å². The molecule has 0 saturated heterocycles. The smallest absolute Gasteiger partial charge is 0.228 e. The summed E-state index contributed by atoms with van der Waals surface area (Å²) in [6.07, 6.45) is 0.953. The number of benzene rings is 1. The third-order valence-corrected chi connectivity index (χ3v) is 3.11. The fourth-order valence-corrected chi connectivity index (χ4v) is 1.77. The predicted octanol–water partition coefficient (Wildman–Crippen LogP) is 2.54. The van der Waals surface area contributed by atoms with Gasteiger partial charge in [0.1, 0.15) is 0 Å². The first kappa shape index (κ1) is 10.7. The van der Waals surface area contributed by atoms with Crippen LogP contribution in [0, 0.1) is 22.7 Å². The third-order valence-electron chi connectivity index (χ3n) is 3.11. The molecule has 0 aromatic heterocycles. The van der Waals surface area contributed by atoms with E-state index in [2.05, 4.69) is 19.2 Å². The Balaban J connectivity index is 2.00. The van der Waals surface area contributed by atoms with Crippen molar-refractivity contribution in [3.63, 3.8) is 0 Å². The van der Waals surface area contributed by atoms with Gasteiger partial charge in [-0.1, -0.05) is 13.8 Å². The van der Waals surface area contributed by atoms with Gasteiger partial charge in [0.05, 0.1) is 11.6 Å². The van der Waals surface area contributed by atoms with E-state index < -0.39 is 0 Å². The highest BCUT2D eigenvalue weighted by molar-refractivity contribution is 5.94. The molecule has 3 nitrogen and oxygen atoms in total. The monoisotopic (exact) mass is 214 g/mol. The molecule has 3 heteroatoms. The fraction of sp³-hybridized carbons (Fsp3) is 0.385. The van der Waals surface area contributed by atoms with Gasteiger partial charge in [-0.2, -0.15) is 5.26 Å². The Morgan fingerprint density at radius 2 is 2.00 bits per heavy atom. The van der Waals surface area contributed by atoms with Crippen molar-refractivity contribution in [2.75, 3.05) is 5.32 Å². The Morgan fingerprint density at radius 1 is 1.44 bits per heavy atom. The number of rotatable bonds is 2. The zero-order valence-electron chi connectivity index (χ0n) is 9.45. The third kappa shape index (κ3) is 2.06. The van der Waals surface area contributed by atoms with Gasteiger partial charge in [-0.25, -0.2) is 0 Å². The number of anilines is 1. The molecule has 0 heterocycles. The van der Waals surface area contributed by atoms with Gasteiger partial charge < -0.3 is 5.32 Å². The number of nitriles is 1. The second-order valence-corrected chi connectivity index (χ2v) is 4.92.